The van der Waals surface area contributed by atoms with Gasteiger partial charge in [0.1, 0.15) is 0 Å². The zero-order valence-corrected chi connectivity index (χ0v) is 16.0. The van der Waals surface area contributed by atoms with E-state index >= 15 is 0 Å². The summed E-state index contributed by atoms with van der Waals surface area (Å²) >= 11 is 0. The molecule has 6 heteroatoms. The number of fused-ring (bicyclic) bond motifs is 1. The third-order valence-corrected chi connectivity index (χ3v) is 5.69. The molecule has 3 amide bonds. The second-order valence-corrected chi connectivity index (χ2v) is 7.42. The van der Waals surface area contributed by atoms with Gasteiger partial charge in [-0.3, -0.25) is 19.3 Å². The molecular formula is C22H23N3O3. The number of benzene rings is 2. The van der Waals surface area contributed by atoms with Gasteiger partial charge in [-0.15, -0.1) is 0 Å². The Kier molecular flexibility index (Phi) is 4.73. The first-order valence-corrected chi connectivity index (χ1v) is 9.56. The number of rotatable bonds is 3. The van der Waals surface area contributed by atoms with Crippen molar-refractivity contribution in [3.05, 3.63) is 70.8 Å². The van der Waals surface area contributed by atoms with Gasteiger partial charge in [0.2, 0.25) is 0 Å². The van der Waals surface area contributed by atoms with E-state index in [-0.39, 0.29) is 36.3 Å². The number of nitrogens with zero attached hydrogens (tertiary/aromatic N) is 2. The molecule has 1 fully saturated rings. The van der Waals surface area contributed by atoms with Crippen molar-refractivity contribution < 1.29 is 14.4 Å². The number of hydrogen-bond donors (Lipinski definition) is 1. The van der Waals surface area contributed by atoms with Crippen molar-refractivity contribution in [1.29, 1.82) is 0 Å². The summed E-state index contributed by atoms with van der Waals surface area (Å²) in [6.45, 7) is 5.69. The third-order valence-electron chi connectivity index (χ3n) is 5.69. The summed E-state index contributed by atoms with van der Waals surface area (Å²) in [5.41, 5.74) is 2.21. The van der Waals surface area contributed by atoms with Crippen LogP contribution in [0.3, 0.4) is 0 Å². The molecule has 1 saturated heterocycles. The fourth-order valence-electron chi connectivity index (χ4n) is 3.88. The monoisotopic (exact) mass is 377 g/mol. The third kappa shape index (κ3) is 3.10. The minimum atomic E-state index is -0.290. The van der Waals surface area contributed by atoms with Gasteiger partial charge < -0.3 is 10.2 Å². The van der Waals surface area contributed by atoms with Crippen molar-refractivity contribution in [3.63, 3.8) is 0 Å². The Morgan fingerprint density at radius 2 is 1.71 bits per heavy atom. The summed E-state index contributed by atoms with van der Waals surface area (Å²) in [4.78, 5) is 41.3. The topological polar surface area (TPSA) is 69.7 Å². The van der Waals surface area contributed by atoms with Gasteiger partial charge in [0, 0.05) is 30.7 Å². The molecule has 0 spiro atoms. The van der Waals surface area contributed by atoms with E-state index in [1.165, 1.54) is 4.90 Å². The maximum atomic E-state index is 13.0. The van der Waals surface area contributed by atoms with Crippen LogP contribution in [-0.4, -0.2) is 52.7 Å². The summed E-state index contributed by atoms with van der Waals surface area (Å²) in [6, 6.07) is 14.4. The zero-order chi connectivity index (χ0) is 19.8. The van der Waals surface area contributed by atoms with Crippen LogP contribution in [0.5, 0.6) is 0 Å². The molecule has 2 aromatic carbocycles. The Labute approximate surface area is 164 Å². The summed E-state index contributed by atoms with van der Waals surface area (Å²) in [7, 11) is 0. The smallest absolute Gasteiger partial charge is 0.261 e. The molecule has 28 heavy (non-hydrogen) atoms. The van der Waals surface area contributed by atoms with Crippen molar-refractivity contribution in [2.24, 2.45) is 0 Å². The standard InChI is InChI=1S/C22H23N3O3/c1-14-15(2)24(11-10-23-14)20(26)17-7-5-6-16(12-17)13-25-21(27)18-8-3-4-9-19(18)22(25)28/h3-9,12,14-15,23H,10-11,13H2,1-2H3. The Hall–Kier alpha value is -2.99. The number of carbonyl (C=O) groups is 3. The number of piperazine rings is 1. The number of nitrogens with one attached hydrogen (secondary N) is 1. The molecule has 1 N–H and O–H groups in total. The molecule has 2 aliphatic rings. The molecule has 2 atom stereocenters. The maximum Gasteiger partial charge on any atom is 0.261 e. The molecule has 0 radical (unpaired) electrons. The quantitative estimate of drug-likeness (QED) is 0.834. The fraction of sp³-hybridized carbons (Fsp3) is 0.318. The number of hydrogen-bond acceptors (Lipinski definition) is 4. The normalized spacial score (nSPS) is 21.8. The molecule has 0 aliphatic carbocycles. The minimum Gasteiger partial charge on any atom is -0.333 e. The van der Waals surface area contributed by atoms with Crippen LogP contribution in [0.15, 0.2) is 48.5 Å². The second kappa shape index (κ2) is 7.20. The Morgan fingerprint density at radius 1 is 1.04 bits per heavy atom. The Morgan fingerprint density at radius 3 is 2.39 bits per heavy atom. The van der Waals surface area contributed by atoms with Crippen molar-refractivity contribution in [3.8, 4) is 0 Å². The summed E-state index contributed by atoms with van der Waals surface area (Å²) in [6.07, 6.45) is 0. The van der Waals surface area contributed by atoms with Gasteiger partial charge in [-0.05, 0) is 43.7 Å². The van der Waals surface area contributed by atoms with Gasteiger partial charge in [-0.2, -0.15) is 0 Å². The van der Waals surface area contributed by atoms with Crippen molar-refractivity contribution in [1.82, 2.24) is 15.1 Å². The highest BCUT2D eigenvalue weighted by atomic mass is 16.2. The largest absolute Gasteiger partial charge is 0.333 e. The Bertz CT molecular complexity index is 921. The summed E-state index contributed by atoms with van der Waals surface area (Å²) < 4.78 is 0. The number of imide groups is 1. The van der Waals surface area contributed by atoms with Crippen LogP contribution in [0.1, 0.15) is 50.5 Å². The first kappa shape index (κ1) is 18.4. The SMILES string of the molecule is CC1NCCN(C(=O)c2cccc(CN3C(=O)c4ccccc4C3=O)c2)C1C. The average Bonchev–Trinajstić information content (AvgIpc) is 2.95. The van der Waals surface area contributed by atoms with Gasteiger partial charge in [0.15, 0.2) is 0 Å². The molecule has 4 rings (SSSR count). The first-order valence-electron chi connectivity index (χ1n) is 9.56. The lowest BCUT2D eigenvalue weighted by atomic mass is 10.0. The highest BCUT2D eigenvalue weighted by molar-refractivity contribution is 6.21. The van der Waals surface area contributed by atoms with Gasteiger partial charge in [-0.1, -0.05) is 24.3 Å². The summed E-state index contributed by atoms with van der Waals surface area (Å²) in [5, 5.41) is 3.37. The molecule has 0 bridgehead atoms. The molecule has 2 aliphatic heterocycles. The van der Waals surface area contributed by atoms with Crippen LogP contribution < -0.4 is 5.32 Å². The molecule has 2 heterocycles. The van der Waals surface area contributed by atoms with E-state index in [0.717, 1.165) is 12.1 Å². The van der Waals surface area contributed by atoms with Crippen LogP contribution in [0.25, 0.3) is 0 Å². The predicted molar refractivity (Wildman–Crippen MR) is 105 cm³/mol. The lowest BCUT2D eigenvalue weighted by Gasteiger charge is -2.38. The van der Waals surface area contributed by atoms with Gasteiger partial charge in [-0.25, -0.2) is 0 Å². The lowest BCUT2D eigenvalue weighted by molar-refractivity contribution is 0.0602. The van der Waals surface area contributed by atoms with E-state index < -0.39 is 0 Å². The highest BCUT2D eigenvalue weighted by Gasteiger charge is 2.35. The molecule has 2 unspecified atom stereocenters. The zero-order valence-electron chi connectivity index (χ0n) is 16.0. The van der Waals surface area contributed by atoms with Gasteiger partial charge in [0.25, 0.3) is 17.7 Å². The Balaban J connectivity index is 1.54. The molecular weight excluding hydrogens is 354 g/mol. The van der Waals surface area contributed by atoms with Crippen LogP contribution in [0.2, 0.25) is 0 Å². The van der Waals surface area contributed by atoms with Gasteiger partial charge in [0.05, 0.1) is 17.7 Å². The molecule has 0 saturated carbocycles. The van der Waals surface area contributed by atoms with E-state index in [1.807, 2.05) is 17.9 Å². The molecule has 0 aromatic heterocycles. The average molecular weight is 377 g/mol. The van der Waals surface area contributed by atoms with E-state index in [1.54, 1.807) is 42.5 Å². The molecule has 2 aromatic rings. The van der Waals surface area contributed by atoms with Crippen molar-refractivity contribution >= 4 is 17.7 Å². The van der Waals surface area contributed by atoms with Gasteiger partial charge >= 0.3 is 0 Å². The van der Waals surface area contributed by atoms with Crippen LogP contribution in [0.4, 0.5) is 0 Å². The highest BCUT2D eigenvalue weighted by Crippen LogP contribution is 2.24. The number of carbonyl (C=O) groups excluding carboxylic acids is 3. The predicted octanol–water partition coefficient (Wildman–Crippen LogP) is 2.31. The van der Waals surface area contributed by atoms with Crippen LogP contribution in [0, 0.1) is 0 Å². The maximum absolute atomic E-state index is 13.0. The molecule has 144 valence electrons. The molecule has 6 nitrogen and oxygen atoms in total. The first-order chi connectivity index (χ1) is 13.5. The van der Waals surface area contributed by atoms with E-state index in [2.05, 4.69) is 12.2 Å². The fourth-order valence-corrected chi connectivity index (χ4v) is 3.88. The second-order valence-electron chi connectivity index (χ2n) is 7.42. The van der Waals surface area contributed by atoms with E-state index in [4.69, 9.17) is 0 Å². The van der Waals surface area contributed by atoms with E-state index in [9.17, 15) is 14.4 Å². The van der Waals surface area contributed by atoms with Crippen LogP contribution in [-0.2, 0) is 6.54 Å². The van der Waals surface area contributed by atoms with Crippen molar-refractivity contribution in [2.75, 3.05) is 13.1 Å². The minimum absolute atomic E-state index is 0.0231. The van der Waals surface area contributed by atoms with E-state index in [0.29, 0.717) is 23.2 Å². The van der Waals surface area contributed by atoms with Crippen molar-refractivity contribution in [2.45, 2.75) is 32.5 Å². The summed E-state index contributed by atoms with van der Waals surface area (Å²) in [5.74, 6) is -0.603. The number of amides is 3. The van der Waals surface area contributed by atoms with Crippen LogP contribution >= 0.6 is 0 Å². The lowest BCUT2D eigenvalue weighted by Crippen LogP contribution is -2.57.